The van der Waals surface area contributed by atoms with Crippen LogP contribution in [0.4, 0.5) is 0 Å². The number of ether oxygens (including phenoxy) is 2. The predicted molar refractivity (Wildman–Crippen MR) is 138 cm³/mol. The molecule has 2 atom stereocenters. The molecule has 4 aromatic carbocycles. The first-order valence-corrected chi connectivity index (χ1v) is 12.5. The Labute approximate surface area is 196 Å². The standard InChI is InChI=1S/C29H26NO2P/c1-31-28(22-13-5-2-6-14-22)26-21-32-29(30-26)25-19-11-12-20-27(25)33(23-15-7-3-8-16-23)24-17-9-4-10-18-24/h2-20,26,28H,21H2,1H3/t26-,28-/m0/s1. The lowest BCUT2D eigenvalue weighted by molar-refractivity contribution is 0.0718. The van der Waals surface area contributed by atoms with Gasteiger partial charge in [0.05, 0.1) is 0 Å². The summed E-state index contributed by atoms with van der Waals surface area (Å²) in [6.07, 6.45) is -0.138. The van der Waals surface area contributed by atoms with Gasteiger partial charge in [-0.3, -0.25) is 0 Å². The van der Waals surface area contributed by atoms with Gasteiger partial charge in [-0.1, -0.05) is 109 Å². The first-order valence-electron chi connectivity index (χ1n) is 11.1. The van der Waals surface area contributed by atoms with Crippen molar-refractivity contribution in [2.24, 2.45) is 4.99 Å². The van der Waals surface area contributed by atoms with Gasteiger partial charge in [0, 0.05) is 12.7 Å². The van der Waals surface area contributed by atoms with Gasteiger partial charge in [0.15, 0.2) is 0 Å². The van der Waals surface area contributed by atoms with Crippen LogP contribution in [0.2, 0.25) is 0 Å². The van der Waals surface area contributed by atoms with E-state index >= 15 is 0 Å². The average Bonchev–Trinajstić information content (AvgIpc) is 3.37. The van der Waals surface area contributed by atoms with Gasteiger partial charge in [-0.15, -0.1) is 0 Å². The highest BCUT2D eigenvalue weighted by molar-refractivity contribution is 7.80. The van der Waals surface area contributed by atoms with Crippen molar-refractivity contribution in [2.75, 3.05) is 13.7 Å². The van der Waals surface area contributed by atoms with Crippen molar-refractivity contribution in [3.63, 3.8) is 0 Å². The summed E-state index contributed by atoms with van der Waals surface area (Å²) in [5.74, 6) is 0.702. The molecule has 4 aromatic rings. The van der Waals surface area contributed by atoms with Crippen LogP contribution in [0.5, 0.6) is 0 Å². The van der Waals surface area contributed by atoms with Crippen molar-refractivity contribution in [2.45, 2.75) is 12.1 Å². The molecule has 4 heteroatoms. The average molecular weight is 452 g/mol. The summed E-state index contributed by atoms with van der Waals surface area (Å²) in [5, 5.41) is 3.86. The third-order valence-electron chi connectivity index (χ3n) is 5.81. The molecule has 0 N–H and O–H groups in total. The minimum atomic E-state index is -0.752. The fourth-order valence-electron chi connectivity index (χ4n) is 4.28. The number of methoxy groups -OCH3 is 1. The molecule has 5 rings (SSSR count). The molecule has 164 valence electrons. The van der Waals surface area contributed by atoms with E-state index in [2.05, 4.69) is 97.1 Å². The SMILES string of the molecule is CO[C@@H](c1ccccc1)[C@@H]1COC(c2ccccc2P(c2ccccc2)c2ccccc2)=N1. The summed E-state index contributed by atoms with van der Waals surface area (Å²) < 4.78 is 12.0. The zero-order valence-electron chi connectivity index (χ0n) is 18.5. The Kier molecular flexibility index (Phi) is 6.62. The molecular formula is C29H26NO2P. The number of rotatable bonds is 7. The van der Waals surface area contributed by atoms with Crippen molar-refractivity contribution in [3.05, 3.63) is 126 Å². The lowest BCUT2D eigenvalue weighted by atomic mass is 10.0. The van der Waals surface area contributed by atoms with Crippen LogP contribution in [0.1, 0.15) is 17.2 Å². The minimum Gasteiger partial charge on any atom is -0.475 e. The van der Waals surface area contributed by atoms with Crippen molar-refractivity contribution < 1.29 is 9.47 Å². The first-order chi connectivity index (χ1) is 16.3. The van der Waals surface area contributed by atoms with Gasteiger partial charge >= 0.3 is 0 Å². The number of aliphatic imine (C=N–C) groups is 1. The summed E-state index contributed by atoms with van der Waals surface area (Å²) >= 11 is 0. The van der Waals surface area contributed by atoms with Crippen molar-refractivity contribution in [3.8, 4) is 0 Å². The van der Waals surface area contributed by atoms with E-state index in [1.807, 2.05) is 18.2 Å². The fourth-order valence-corrected chi connectivity index (χ4v) is 6.72. The molecule has 33 heavy (non-hydrogen) atoms. The molecule has 0 bridgehead atoms. The Morgan fingerprint density at radius 2 is 1.30 bits per heavy atom. The van der Waals surface area contributed by atoms with E-state index in [1.54, 1.807) is 7.11 Å². The second-order valence-electron chi connectivity index (χ2n) is 7.90. The smallest absolute Gasteiger partial charge is 0.217 e. The van der Waals surface area contributed by atoms with Gasteiger partial charge in [-0.2, -0.15) is 0 Å². The minimum absolute atomic E-state index is 0.0832. The third-order valence-corrected chi connectivity index (χ3v) is 8.31. The zero-order chi connectivity index (χ0) is 22.5. The van der Waals surface area contributed by atoms with Gasteiger partial charge in [-0.25, -0.2) is 4.99 Å². The Morgan fingerprint density at radius 3 is 1.91 bits per heavy atom. The molecule has 1 aliphatic heterocycles. The maximum Gasteiger partial charge on any atom is 0.217 e. The normalized spacial score (nSPS) is 16.3. The molecule has 0 radical (unpaired) electrons. The topological polar surface area (TPSA) is 30.8 Å². The highest BCUT2D eigenvalue weighted by Gasteiger charge is 2.31. The molecule has 0 saturated heterocycles. The molecule has 0 unspecified atom stereocenters. The number of benzene rings is 4. The van der Waals surface area contributed by atoms with E-state index in [9.17, 15) is 0 Å². The monoisotopic (exact) mass is 451 g/mol. The van der Waals surface area contributed by atoms with Crippen LogP contribution in [-0.2, 0) is 9.47 Å². The van der Waals surface area contributed by atoms with Crippen LogP contribution in [0.3, 0.4) is 0 Å². The van der Waals surface area contributed by atoms with E-state index in [1.165, 1.54) is 15.9 Å². The summed E-state index contributed by atoms with van der Waals surface area (Å²) in [5.41, 5.74) is 2.17. The van der Waals surface area contributed by atoms with Crippen molar-refractivity contribution >= 4 is 29.7 Å². The fraction of sp³-hybridized carbons (Fsp3) is 0.138. The summed E-state index contributed by atoms with van der Waals surface area (Å²) in [6.45, 7) is 0.506. The molecule has 0 fully saturated rings. The maximum atomic E-state index is 6.20. The van der Waals surface area contributed by atoms with E-state index in [0.29, 0.717) is 12.5 Å². The number of hydrogen-bond acceptors (Lipinski definition) is 3. The van der Waals surface area contributed by atoms with Gasteiger partial charge in [0.2, 0.25) is 5.90 Å². The van der Waals surface area contributed by atoms with E-state index in [0.717, 1.165) is 11.1 Å². The van der Waals surface area contributed by atoms with Gasteiger partial charge in [0.1, 0.15) is 18.8 Å². The molecule has 3 nitrogen and oxygen atoms in total. The first kappa shape index (κ1) is 21.6. The summed E-state index contributed by atoms with van der Waals surface area (Å²) in [4.78, 5) is 5.02. The largest absolute Gasteiger partial charge is 0.475 e. The van der Waals surface area contributed by atoms with Gasteiger partial charge in [0.25, 0.3) is 0 Å². The molecule has 1 aliphatic rings. The molecule has 0 aliphatic carbocycles. The van der Waals surface area contributed by atoms with E-state index in [-0.39, 0.29) is 12.1 Å². The van der Waals surface area contributed by atoms with Gasteiger partial charge < -0.3 is 9.47 Å². The Bertz CT molecular complexity index is 1170. The predicted octanol–water partition coefficient (Wildman–Crippen LogP) is 4.98. The molecule has 0 aromatic heterocycles. The highest BCUT2D eigenvalue weighted by atomic mass is 31.1. The number of nitrogens with zero attached hydrogens (tertiary/aromatic N) is 1. The Hall–Kier alpha value is -3.26. The Balaban J connectivity index is 1.55. The van der Waals surface area contributed by atoms with Crippen molar-refractivity contribution in [1.29, 1.82) is 0 Å². The lowest BCUT2D eigenvalue weighted by Crippen LogP contribution is -2.25. The second-order valence-corrected chi connectivity index (χ2v) is 10.1. The third kappa shape index (κ3) is 4.61. The van der Waals surface area contributed by atoms with E-state index < -0.39 is 7.92 Å². The van der Waals surface area contributed by atoms with Crippen LogP contribution in [0.15, 0.2) is 120 Å². The van der Waals surface area contributed by atoms with Gasteiger partial charge in [-0.05, 0) is 35.5 Å². The van der Waals surface area contributed by atoms with Crippen molar-refractivity contribution in [1.82, 2.24) is 0 Å². The Morgan fingerprint density at radius 1 is 0.758 bits per heavy atom. The van der Waals surface area contributed by atoms with Crippen LogP contribution in [-0.4, -0.2) is 25.7 Å². The van der Waals surface area contributed by atoms with E-state index in [4.69, 9.17) is 14.5 Å². The van der Waals surface area contributed by atoms with Crippen LogP contribution >= 0.6 is 7.92 Å². The van der Waals surface area contributed by atoms with Crippen LogP contribution < -0.4 is 15.9 Å². The summed E-state index contributed by atoms with van der Waals surface area (Å²) in [6, 6.07) is 40.1. The van der Waals surface area contributed by atoms with Crippen LogP contribution in [0, 0.1) is 0 Å². The lowest BCUT2D eigenvalue weighted by Gasteiger charge is -2.22. The highest BCUT2D eigenvalue weighted by Crippen LogP contribution is 2.35. The second kappa shape index (κ2) is 10.1. The molecular weight excluding hydrogens is 425 g/mol. The zero-order valence-corrected chi connectivity index (χ0v) is 19.4. The molecule has 0 saturated carbocycles. The van der Waals surface area contributed by atoms with Crippen LogP contribution in [0.25, 0.3) is 0 Å². The molecule has 1 heterocycles. The molecule has 0 amide bonds. The molecule has 0 spiro atoms. The summed E-state index contributed by atoms with van der Waals surface area (Å²) in [7, 11) is 0.987. The maximum absolute atomic E-state index is 6.20. The quantitative estimate of drug-likeness (QED) is 0.371. The number of hydrogen-bond donors (Lipinski definition) is 0.